The number of para-hydroxylation sites is 1. The van der Waals surface area contributed by atoms with Crippen molar-refractivity contribution in [2.24, 2.45) is 15.9 Å². The fourth-order valence-electron chi connectivity index (χ4n) is 12.3. The highest BCUT2D eigenvalue weighted by Gasteiger charge is 2.41. The van der Waals surface area contributed by atoms with Gasteiger partial charge in [-0.05, 0) is 146 Å². The van der Waals surface area contributed by atoms with E-state index in [1.54, 1.807) is 0 Å². The lowest BCUT2D eigenvalue weighted by atomic mass is 9.75. The van der Waals surface area contributed by atoms with Crippen molar-refractivity contribution in [3.05, 3.63) is 213 Å². The van der Waals surface area contributed by atoms with Gasteiger partial charge in [-0.25, -0.2) is 9.98 Å². The summed E-state index contributed by atoms with van der Waals surface area (Å²) < 4.78 is 2.59. The second-order valence-electron chi connectivity index (χ2n) is 19.8. The van der Waals surface area contributed by atoms with Crippen LogP contribution >= 0.6 is 11.8 Å². The largest absolute Gasteiger partial charge is 0.380 e. The Morgan fingerprint density at radius 1 is 0.662 bits per heavy atom. The number of dihydropyridines is 1. The highest BCUT2D eigenvalue weighted by atomic mass is 32.2. The Labute approximate surface area is 405 Å². The summed E-state index contributed by atoms with van der Waals surface area (Å²) in [4.78, 5) is 12.7. The van der Waals surface area contributed by atoms with Crippen LogP contribution in [-0.4, -0.2) is 34.2 Å². The smallest absolute Gasteiger partial charge is 0.171 e. The molecule has 1 aromatic heterocycles. The third-order valence-electron chi connectivity index (χ3n) is 15.7. The third-order valence-corrected chi connectivity index (χ3v) is 17.0. The third kappa shape index (κ3) is 7.47. The molecule has 0 radical (unpaired) electrons. The predicted octanol–water partition coefficient (Wildman–Crippen LogP) is 14.7. The van der Waals surface area contributed by atoms with Gasteiger partial charge in [0, 0.05) is 61.8 Å². The normalized spacial score (nSPS) is 25.6. The molecule has 0 fully saturated rings. The molecule has 0 saturated heterocycles. The Morgan fingerprint density at radius 2 is 1.51 bits per heavy atom. The standard InChI is InChI=1S/C62H59N5S/c1-6-19-40(20-7-1)44-33-34-47(41-21-8-2-9-22-41)52(37-44)45-38-53(62-65-60(42-23-10-3-11-24-42)64-61(66-62)43-25-12-4-13-26-43)57(63-39-45)50-30-18-32-55-56(50)51-36-35-49-48-29-16-17-31-54(48)67(58(49)59(51)68-55)46-27-14-5-15-28-46/h3,5,8,10-11,14,16-19,21-25,27,29-33,35-38,47,55-56,62-63H,1-2,4,6-7,9,12-13,15,20,26,28,34,39H2,(H,64,65,66). The quantitative estimate of drug-likeness (QED) is 0.185. The first-order valence-electron chi connectivity index (χ1n) is 25.6. The average molecular weight is 906 g/mol. The minimum atomic E-state index is -0.440. The number of amidine groups is 2. The molecular weight excluding hydrogens is 847 g/mol. The molecule has 338 valence electrons. The summed E-state index contributed by atoms with van der Waals surface area (Å²) in [6.07, 6.45) is 48.2. The number of rotatable bonds is 8. The lowest BCUT2D eigenvalue weighted by molar-refractivity contribution is 0.678. The number of hydrogen-bond acceptors (Lipinski definition) is 5. The molecule has 0 bridgehead atoms. The maximum Gasteiger partial charge on any atom is 0.171 e. The maximum atomic E-state index is 5.66. The van der Waals surface area contributed by atoms with Crippen LogP contribution in [0.4, 0.5) is 0 Å². The van der Waals surface area contributed by atoms with Crippen LogP contribution in [0.2, 0.25) is 0 Å². The van der Waals surface area contributed by atoms with Crippen molar-refractivity contribution in [3.8, 4) is 0 Å². The SMILES string of the molecule is C1=CCCC(n2c3ccccc3c3ccc4c(c32)SC2C=CC=C(C3=C(C5N=C(C6=CCCCC6)NC(c6ccccc6)=N5)C=C(C5=CC(C6=CCCCC6)=CCC5C5=CCCC=C5)CN3)C42)=C1. The number of benzene rings is 3. The molecule has 4 heterocycles. The summed E-state index contributed by atoms with van der Waals surface area (Å²) in [6.45, 7) is 0.750. The van der Waals surface area contributed by atoms with E-state index in [9.17, 15) is 0 Å². The monoisotopic (exact) mass is 905 g/mol. The number of hydrogen-bond donors (Lipinski definition) is 2. The highest BCUT2D eigenvalue weighted by molar-refractivity contribution is 8.00. The van der Waals surface area contributed by atoms with Crippen molar-refractivity contribution in [1.82, 2.24) is 15.2 Å². The van der Waals surface area contributed by atoms with E-state index in [0.717, 1.165) is 74.3 Å². The fraction of sp³-hybridized carbons (Fsp3) is 0.290. The molecule has 5 nitrogen and oxygen atoms in total. The van der Waals surface area contributed by atoms with E-state index in [2.05, 4.69) is 179 Å². The van der Waals surface area contributed by atoms with Crippen LogP contribution in [0.1, 0.15) is 101 Å². The number of thioether (sulfide) groups is 1. The Kier molecular flexibility index (Phi) is 11.0. The van der Waals surface area contributed by atoms with Gasteiger partial charge >= 0.3 is 0 Å². The van der Waals surface area contributed by atoms with Crippen LogP contribution in [0.3, 0.4) is 0 Å². The molecule has 0 amide bonds. The van der Waals surface area contributed by atoms with Crippen LogP contribution in [0, 0.1) is 5.92 Å². The van der Waals surface area contributed by atoms with Gasteiger partial charge in [0.15, 0.2) is 6.17 Å². The first-order valence-corrected chi connectivity index (χ1v) is 26.4. The van der Waals surface area contributed by atoms with Gasteiger partial charge in [0.1, 0.15) is 11.7 Å². The molecule has 2 N–H and O–H groups in total. The highest BCUT2D eigenvalue weighted by Crippen LogP contribution is 2.56. The van der Waals surface area contributed by atoms with Gasteiger partial charge in [-0.1, -0.05) is 134 Å². The first-order chi connectivity index (χ1) is 33.7. The number of aliphatic imine (C=N–C) groups is 2. The molecule has 68 heavy (non-hydrogen) atoms. The van der Waals surface area contributed by atoms with E-state index in [1.807, 2.05) is 0 Å². The summed E-state index contributed by atoms with van der Waals surface area (Å²) >= 11 is 2.05. The van der Waals surface area contributed by atoms with Gasteiger partial charge < -0.3 is 15.2 Å². The van der Waals surface area contributed by atoms with Gasteiger partial charge in [0.2, 0.25) is 0 Å². The number of nitrogens with zero attached hydrogens (tertiary/aromatic N) is 3. The topological polar surface area (TPSA) is 53.7 Å². The Balaban J connectivity index is 1.00. The summed E-state index contributed by atoms with van der Waals surface area (Å²) in [5.41, 5.74) is 18.7. The molecule has 0 spiro atoms. The van der Waals surface area contributed by atoms with Gasteiger partial charge in [0.05, 0.1) is 11.0 Å². The van der Waals surface area contributed by atoms with E-state index >= 15 is 0 Å². The van der Waals surface area contributed by atoms with Crippen molar-refractivity contribution in [3.63, 3.8) is 0 Å². The number of allylic oxidation sites excluding steroid dienone is 17. The van der Waals surface area contributed by atoms with Gasteiger partial charge in [-0.2, -0.15) is 0 Å². The van der Waals surface area contributed by atoms with Crippen molar-refractivity contribution in [1.29, 1.82) is 0 Å². The molecule has 3 aromatic carbocycles. The van der Waals surface area contributed by atoms with Crippen LogP contribution in [-0.2, 0) is 0 Å². The van der Waals surface area contributed by atoms with Gasteiger partial charge in [-0.3, -0.25) is 0 Å². The van der Waals surface area contributed by atoms with E-state index in [4.69, 9.17) is 9.98 Å². The average Bonchev–Trinajstić information content (AvgIpc) is 3.98. The zero-order valence-corrected chi connectivity index (χ0v) is 39.7. The van der Waals surface area contributed by atoms with Gasteiger partial charge in [-0.15, -0.1) is 11.8 Å². The Morgan fingerprint density at radius 3 is 2.34 bits per heavy atom. The molecule has 0 saturated carbocycles. The second kappa shape index (κ2) is 17.9. The molecule has 3 aliphatic heterocycles. The lowest BCUT2D eigenvalue weighted by Crippen LogP contribution is -2.40. The summed E-state index contributed by atoms with van der Waals surface area (Å²) in [5, 5.41) is 10.9. The second-order valence-corrected chi connectivity index (χ2v) is 21.0. The van der Waals surface area contributed by atoms with E-state index < -0.39 is 6.17 Å². The van der Waals surface area contributed by atoms with Gasteiger partial charge in [0.25, 0.3) is 0 Å². The fourth-order valence-corrected chi connectivity index (χ4v) is 13.8. The summed E-state index contributed by atoms with van der Waals surface area (Å²) in [5.74, 6) is 2.33. The zero-order chi connectivity index (χ0) is 45.0. The number of nitrogens with one attached hydrogen (secondary N) is 2. The molecule has 13 rings (SSSR count). The molecule has 9 aliphatic rings. The van der Waals surface area contributed by atoms with Crippen LogP contribution in [0.5, 0.6) is 0 Å². The molecule has 6 heteroatoms. The Hall–Kier alpha value is -6.37. The summed E-state index contributed by atoms with van der Waals surface area (Å²) in [6, 6.07) is 24.6. The summed E-state index contributed by atoms with van der Waals surface area (Å²) in [7, 11) is 0. The molecule has 4 atom stereocenters. The van der Waals surface area contributed by atoms with Crippen molar-refractivity contribution < 1.29 is 0 Å². The van der Waals surface area contributed by atoms with E-state index in [1.165, 1.54) is 121 Å². The van der Waals surface area contributed by atoms with Crippen LogP contribution in [0.25, 0.3) is 27.5 Å². The zero-order valence-electron chi connectivity index (χ0n) is 38.9. The number of aromatic nitrogens is 1. The maximum absolute atomic E-state index is 5.66. The minimum absolute atomic E-state index is 0.166. The predicted molar refractivity (Wildman–Crippen MR) is 286 cm³/mol. The molecule has 6 aliphatic carbocycles. The van der Waals surface area contributed by atoms with Crippen molar-refractivity contribution in [2.75, 3.05) is 6.54 Å². The van der Waals surface area contributed by atoms with E-state index in [0.29, 0.717) is 5.92 Å². The van der Waals surface area contributed by atoms with Crippen LogP contribution in [0.15, 0.2) is 217 Å². The van der Waals surface area contributed by atoms with Crippen LogP contribution < -0.4 is 10.6 Å². The molecule has 4 aromatic rings. The first kappa shape index (κ1) is 41.8. The lowest BCUT2D eigenvalue weighted by Gasteiger charge is -2.35. The molecule has 4 unspecified atom stereocenters. The van der Waals surface area contributed by atoms with Crippen molar-refractivity contribution >= 4 is 50.9 Å². The minimum Gasteiger partial charge on any atom is -0.380 e. The Bertz CT molecular complexity index is 3220. The molecular formula is C62H59N5S. The number of fused-ring (bicyclic) bond motifs is 7. The van der Waals surface area contributed by atoms with Crippen molar-refractivity contribution in [2.45, 2.75) is 106 Å². The van der Waals surface area contributed by atoms with E-state index in [-0.39, 0.29) is 11.2 Å².